The van der Waals surface area contributed by atoms with Gasteiger partial charge in [0.15, 0.2) is 0 Å². The molecule has 7 heteroatoms. The molecule has 2 aromatic rings. The summed E-state index contributed by atoms with van der Waals surface area (Å²) in [6, 6.07) is 8.22. The number of nitro benzene ring substituents is 1. The third-order valence-corrected chi connectivity index (χ3v) is 4.21. The number of nitrogens with one attached hydrogen (secondary N) is 1. The molecule has 0 aromatic heterocycles. The quantitative estimate of drug-likeness (QED) is 0.648. The summed E-state index contributed by atoms with van der Waals surface area (Å²) in [5.74, 6) is 0.648. The number of nitro groups is 1. The Morgan fingerprint density at radius 3 is 2.88 bits per heavy atom. The zero-order chi connectivity index (χ0) is 18.8. The summed E-state index contributed by atoms with van der Waals surface area (Å²) >= 11 is 0. The second-order valence-corrected chi connectivity index (χ2v) is 6.20. The molecule has 26 heavy (non-hydrogen) atoms. The first-order valence-electron chi connectivity index (χ1n) is 8.42. The number of ether oxygens (including phenoxy) is 2. The molecule has 7 nitrogen and oxygen atoms in total. The van der Waals surface area contributed by atoms with E-state index in [9.17, 15) is 14.9 Å². The highest BCUT2D eigenvalue weighted by molar-refractivity contribution is 6.08. The SMILES string of the molecule is CCOc1cc2c(cc1NC(=O)c1cccc(C)c1[N+](=O)[O-])O[C@H](C)C2. The fraction of sp³-hybridized carbons (Fsp3) is 0.316. The van der Waals surface area contributed by atoms with Crippen LogP contribution in [0.4, 0.5) is 11.4 Å². The largest absolute Gasteiger partial charge is 0.492 e. The molecular formula is C19H20N2O5. The number of carbonyl (C=O) groups is 1. The van der Waals surface area contributed by atoms with E-state index < -0.39 is 10.8 Å². The van der Waals surface area contributed by atoms with Crippen LogP contribution in [-0.4, -0.2) is 23.5 Å². The number of rotatable bonds is 5. The van der Waals surface area contributed by atoms with Crippen molar-refractivity contribution in [3.8, 4) is 11.5 Å². The number of carbonyl (C=O) groups excluding carboxylic acids is 1. The van der Waals surface area contributed by atoms with Gasteiger partial charge in [0.1, 0.15) is 23.2 Å². The fourth-order valence-corrected chi connectivity index (χ4v) is 3.09. The minimum absolute atomic E-state index is 0.00670. The van der Waals surface area contributed by atoms with Gasteiger partial charge in [-0.1, -0.05) is 12.1 Å². The van der Waals surface area contributed by atoms with Crippen molar-refractivity contribution in [1.82, 2.24) is 0 Å². The molecule has 1 N–H and O–H groups in total. The molecule has 1 aliphatic rings. The third-order valence-electron chi connectivity index (χ3n) is 4.21. The summed E-state index contributed by atoms with van der Waals surface area (Å²) in [7, 11) is 0. The Morgan fingerprint density at radius 1 is 1.42 bits per heavy atom. The number of amides is 1. The second kappa shape index (κ2) is 7.03. The number of nitrogens with zero attached hydrogens (tertiary/aromatic N) is 1. The molecule has 1 amide bonds. The molecule has 0 spiro atoms. The number of anilines is 1. The van der Waals surface area contributed by atoms with Crippen molar-refractivity contribution < 1.29 is 19.2 Å². The van der Waals surface area contributed by atoms with E-state index in [0.29, 0.717) is 29.4 Å². The number of hydrogen-bond acceptors (Lipinski definition) is 5. The monoisotopic (exact) mass is 356 g/mol. The molecule has 0 saturated heterocycles. The standard InChI is InChI=1S/C19H20N2O5/c1-4-25-17-9-13-8-12(3)26-16(13)10-15(17)20-19(22)14-7-5-6-11(2)18(14)21(23)24/h5-7,9-10,12H,4,8H2,1-3H3,(H,20,22)/t12-/m1/s1. The van der Waals surface area contributed by atoms with E-state index in [1.165, 1.54) is 6.07 Å². The zero-order valence-corrected chi connectivity index (χ0v) is 14.9. The molecule has 0 aliphatic carbocycles. The molecular weight excluding hydrogens is 336 g/mol. The van der Waals surface area contributed by atoms with E-state index in [-0.39, 0.29) is 17.4 Å². The number of hydrogen-bond donors (Lipinski definition) is 1. The van der Waals surface area contributed by atoms with Gasteiger partial charge in [0.2, 0.25) is 0 Å². The molecule has 1 aliphatic heterocycles. The molecule has 0 bridgehead atoms. The molecule has 136 valence electrons. The lowest BCUT2D eigenvalue weighted by Gasteiger charge is -2.14. The highest BCUT2D eigenvalue weighted by Gasteiger charge is 2.26. The number of aryl methyl sites for hydroxylation is 1. The summed E-state index contributed by atoms with van der Waals surface area (Å²) in [5.41, 5.74) is 1.68. The van der Waals surface area contributed by atoms with Crippen molar-refractivity contribution in [2.45, 2.75) is 33.3 Å². The second-order valence-electron chi connectivity index (χ2n) is 6.20. The Morgan fingerprint density at radius 2 is 2.19 bits per heavy atom. The highest BCUT2D eigenvalue weighted by atomic mass is 16.6. The van der Waals surface area contributed by atoms with Gasteiger partial charge in [-0.05, 0) is 32.9 Å². The molecule has 1 atom stereocenters. The van der Waals surface area contributed by atoms with Crippen LogP contribution in [0.1, 0.15) is 35.3 Å². The van der Waals surface area contributed by atoms with Crippen molar-refractivity contribution in [2.24, 2.45) is 0 Å². The first-order chi connectivity index (χ1) is 12.4. The molecule has 0 unspecified atom stereocenters. The predicted octanol–water partition coefficient (Wildman–Crippen LogP) is 3.88. The van der Waals surface area contributed by atoms with Gasteiger partial charge in [0, 0.05) is 23.6 Å². The van der Waals surface area contributed by atoms with Gasteiger partial charge in [-0.3, -0.25) is 14.9 Å². The minimum Gasteiger partial charge on any atom is -0.492 e. The fourth-order valence-electron chi connectivity index (χ4n) is 3.09. The normalized spacial score (nSPS) is 15.1. The van der Waals surface area contributed by atoms with Gasteiger partial charge >= 0.3 is 0 Å². The minimum atomic E-state index is -0.563. The summed E-state index contributed by atoms with van der Waals surface area (Å²) in [4.78, 5) is 23.5. The molecule has 2 aromatic carbocycles. The van der Waals surface area contributed by atoms with Gasteiger partial charge < -0.3 is 14.8 Å². The maximum atomic E-state index is 12.7. The molecule has 1 heterocycles. The Kier molecular flexibility index (Phi) is 4.79. The van der Waals surface area contributed by atoms with Gasteiger partial charge in [-0.25, -0.2) is 0 Å². The first-order valence-corrected chi connectivity index (χ1v) is 8.42. The van der Waals surface area contributed by atoms with Crippen LogP contribution >= 0.6 is 0 Å². The number of para-hydroxylation sites is 1. The van der Waals surface area contributed by atoms with Gasteiger partial charge in [-0.2, -0.15) is 0 Å². The van der Waals surface area contributed by atoms with Crippen molar-refractivity contribution in [3.05, 3.63) is 57.1 Å². The summed E-state index contributed by atoms with van der Waals surface area (Å²) in [6.45, 7) is 5.85. The Labute approximate surface area is 151 Å². The van der Waals surface area contributed by atoms with Crippen LogP contribution in [0.2, 0.25) is 0 Å². The summed E-state index contributed by atoms with van der Waals surface area (Å²) in [5, 5.41) is 14.1. The van der Waals surface area contributed by atoms with Gasteiger partial charge in [0.05, 0.1) is 17.2 Å². The topological polar surface area (TPSA) is 90.7 Å². The van der Waals surface area contributed by atoms with Gasteiger partial charge in [-0.15, -0.1) is 0 Å². The molecule has 3 rings (SSSR count). The van der Waals surface area contributed by atoms with Crippen molar-refractivity contribution >= 4 is 17.3 Å². The smallest absolute Gasteiger partial charge is 0.285 e. The van der Waals surface area contributed by atoms with E-state index in [1.807, 2.05) is 19.9 Å². The van der Waals surface area contributed by atoms with Crippen LogP contribution in [0.15, 0.2) is 30.3 Å². The maximum absolute atomic E-state index is 12.7. The zero-order valence-electron chi connectivity index (χ0n) is 14.9. The number of benzene rings is 2. The average Bonchev–Trinajstić information content (AvgIpc) is 2.93. The lowest BCUT2D eigenvalue weighted by Crippen LogP contribution is -2.15. The first kappa shape index (κ1) is 17.7. The van der Waals surface area contributed by atoms with E-state index in [1.54, 1.807) is 25.1 Å². The van der Waals surface area contributed by atoms with Gasteiger partial charge in [0.25, 0.3) is 11.6 Å². The van der Waals surface area contributed by atoms with Crippen LogP contribution in [0, 0.1) is 17.0 Å². The van der Waals surface area contributed by atoms with Crippen LogP contribution in [0.5, 0.6) is 11.5 Å². The number of fused-ring (bicyclic) bond motifs is 1. The van der Waals surface area contributed by atoms with E-state index in [2.05, 4.69) is 5.32 Å². The average molecular weight is 356 g/mol. The van der Waals surface area contributed by atoms with E-state index in [4.69, 9.17) is 9.47 Å². The maximum Gasteiger partial charge on any atom is 0.285 e. The Hall–Kier alpha value is -3.09. The summed E-state index contributed by atoms with van der Waals surface area (Å²) in [6.07, 6.45) is 0.829. The third kappa shape index (κ3) is 3.33. The van der Waals surface area contributed by atoms with Crippen LogP contribution in [0.25, 0.3) is 0 Å². The Balaban J connectivity index is 1.97. The molecule has 0 fully saturated rings. The highest BCUT2D eigenvalue weighted by Crippen LogP contribution is 2.38. The molecule has 0 saturated carbocycles. The van der Waals surface area contributed by atoms with Crippen molar-refractivity contribution in [2.75, 3.05) is 11.9 Å². The predicted molar refractivity (Wildman–Crippen MR) is 97.2 cm³/mol. The summed E-state index contributed by atoms with van der Waals surface area (Å²) < 4.78 is 11.4. The lowest BCUT2D eigenvalue weighted by atomic mass is 10.1. The van der Waals surface area contributed by atoms with Crippen LogP contribution < -0.4 is 14.8 Å². The van der Waals surface area contributed by atoms with Crippen molar-refractivity contribution in [3.63, 3.8) is 0 Å². The van der Waals surface area contributed by atoms with E-state index >= 15 is 0 Å². The van der Waals surface area contributed by atoms with Crippen LogP contribution in [0.3, 0.4) is 0 Å². The Bertz CT molecular complexity index is 878. The van der Waals surface area contributed by atoms with E-state index in [0.717, 1.165) is 12.0 Å². The van der Waals surface area contributed by atoms with Crippen LogP contribution in [-0.2, 0) is 6.42 Å². The lowest BCUT2D eigenvalue weighted by molar-refractivity contribution is -0.385. The van der Waals surface area contributed by atoms with Crippen molar-refractivity contribution in [1.29, 1.82) is 0 Å². The molecule has 0 radical (unpaired) electrons.